The van der Waals surface area contributed by atoms with Crippen molar-refractivity contribution in [3.63, 3.8) is 0 Å². The molecule has 1 atom stereocenters. The van der Waals surface area contributed by atoms with Crippen LogP contribution in [0.2, 0.25) is 5.02 Å². The van der Waals surface area contributed by atoms with Crippen molar-refractivity contribution in [1.29, 1.82) is 0 Å². The Morgan fingerprint density at radius 1 is 1.36 bits per heavy atom. The van der Waals surface area contributed by atoms with E-state index in [0.29, 0.717) is 15.9 Å². The maximum absolute atomic E-state index is 11.3. The molecule has 1 aromatic carbocycles. The number of halogens is 1. The molecule has 9 heteroatoms. The Hall–Kier alpha value is -1.50. The zero-order valence-electron chi connectivity index (χ0n) is 11.3. The Bertz CT molecular complexity index is 776. The lowest BCUT2D eigenvalue weighted by atomic mass is 10.0. The molecule has 0 saturated heterocycles. The highest BCUT2D eigenvalue weighted by Gasteiger charge is 2.21. The first-order chi connectivity index (χ1) is 10.2. The molecule has 1 heterocycles. The van der Waals surface area contributed by atoms with Crippen molar-refractivity contribution in [1.82, 2.24) is 4.98 Å². The van der Waals surface area contributed by atoms with Gasteiger partial charge in [0.05, 0.1) is 11.7 Å². The highest BCUT2D eigenvalue weighted by atomic mass is 35.5. The maximum Gasteiger partial charge on any atom is 0.329 e. The van der Waals surface area contributed by atoms with Gasteiger partial charge >= 0.3 is 13.6 Å². The standard InChI is InChI=1S/C13H14ClN2O5P/c14-9-1-2-11-7(4-9)3-8(6-22(19,20)21)12(16-11)5-10(15)13(17)18/h1-4,10H,5-6,15H2,(H,17,18)(H2,19,20,21). The van der Waals surface area contributed by atoms with Gasteiger partial charge in [-0.3, -0.25) is 14.3 Å². The highest BCUT2D eigenvalue weighted by molar-refractivity contribution is 7.50. The van der Waals surface area contributed by atoms with Crippen molar-refractivity contribution < 1.29 is 24.3 Å². The van der Waals surface area contributed by atoms with E-state index in [2.05, 4.69) is 4.98 Å². The maximum atomic E-state index is 11.3. The summed E-state index contributed by atoms with van der Waals surface area (Å²) < 4.78 is 11.3. The molecule has 0 aliphatic carbocycles. The quantitative estimate of drug-likeness (QED) is 0.604. The van der Waals surface area contributed by atoms with Crippen molar-refractivity contribution in [3.05, 3.63) is 40.5 Å². The second-order valence-corrected chi connectivity index (χ2v) is 6.98. The van der Waals surface area contributed by atoms with Gasteiger partial charge in [0.1, 0.15) is 6.04 Å². The molecule has 0 fully saturated rings. The molecule has 0 aliphatic heterocycles. The zero-order chi connectivity index (χ0) is 16.5. The van der Waals surface area contributed by atoms with Crippen LogP contribution in [0.4, 0.5) is 0 Å². The lowest BCUT2D eigenvalue weighted by Gasteiger charge is -2.13. The fraction of sp³-hybridized carbons (Fsp3) is 0.231. The minimum atomic E-state index is -4.33. The van der Waals surface area contributed by atoms with Crippen LogP contribution in [0.5, 0.6) is 0 Å². The smallest absolute Gasteiger partial charge is 0.329 e. The van der Waals surface area contributed by atoms with E-state index in [-0.39, 0.29) is 17.7 Å². The van der Waals surface area contributed by atoms with Crippen LogP contribution in [0.25, 0.3) is 10.9 Å². The summed E-state index contributed by atoms with van der Waals surface area (Å²) >= 11 is 5.89. The van der Waals surface area contributed by atoms with E-state index < -0.39 is 25.8 Å². The molecular weight excluding hydrogens is 331 g/mol. The number of carbonyl (C=O) groups is 1. The molecule has 2 aromatic rings. The molecule has 1 aromatic heterocycles. The third-order valence-corrected chi connectivity index (χ3v) is 4.04. The van der Waals surface area contributed by atoms with Gasteiger partial charge in [-0.15, -0.1) is 0 Å². The van der Waals surface area contributed by atoms with Crippen LogP contribution in [-0.2, 0) is 21.9 Å². The third-order valence-electron chi connectivity index (χ3n) is 3.05. The predicted molar refractivity (Wildman–Crippen MR) is 81.8 cm³/mol. The van der Waals surface area contributed by atoms with Crippen molar-refractivity contribution in [3.8, 4) is 0 Å². The van der Waals surface area contributed by atoms with E-state index in [1.807, 2.05) is 0 Å². The number of benzene rings is 1. The number of pyridine rings is 1. The van der Waals surface area contributed by atoms with Gasteiger partial charge in [0.25, 0.3) is 0 Å². The van der Waals surface area contributed by atoms with Gasteiger partial charge in [0, 0.05) is 22.5 Å². The SMILES string of the molecule is NC(Cc1nc2ccc(Cl)cc2cc1CP(=O)(O)O)C(=O)O. The van der Waals surface area contributed by atoms with Crippen LogP contribution in [0, 0.1) is 0 Å². The minimum absolute atomic E-state index is 0.122. The lowest BCUT2D eigenvalue weighted by Crippen LogP contribution is -2.33. The molecule has 0 radical (unpaired) electrons. The Morgan fingerprint density at radius 3 is 2.64 bits per heavy atom. The van der Waals surface area contributed by atoms with Crippen molar-refractivity contribution in [2.45, 2.75) is 18.6 Å². The second-order valence-electron chi connectivity index (χ2n) is 4.90. The van der Waals surface area contributed by atoms with Crippen molar-refractivity contribution in [2.75, 3.05) is 0 Å². The second kappa shape index (κ2) is 6.32. The summed E-state index contributed by atoms with van der Waals surface area (Å²) in [6, 6.07) is 5.24. The van der Waals surface area contributed by atoms with E-state index >= 15 is 0 Å². The number of aromatic nitrogens is 1. The van der Waals surface area contributed by atoms with Crippen molar-refractivity contribution >= 4 is 36.1 Å². The molecule has 22 heavy (non-hydrogen) atoms. The number of rotatable bonds is 5. The first-order valence-corrected chi connectivity index (χ1v) is 8.44. The summed E-state index contributed by atoms with van der Waals surface area (Å²) in [5, 5.41) is 9.97. The van der Waals surface area contributed by atoms with E-state index in [0.717, 1.165) is 0 Å². The summed E-state index contributed by atoms with van der Waals surface area (Å²) in [5.74, 6) is -1.21. The fourth-order valence-corrected chi connectivity index (χ4v) is 2.96. The van der Waals surface area contributed by atoms with Gasteiger partial charge < -0.3 is 20.6 Å². The van der Waals surface area contributed by atoms with Gasteiger partial charge in [0.2, 0.25) is 0 Å². The summed E-state index contributed by atoms with van der Waals surface area (Å²) in [7, 11) is -4.33. The number of fused-ring (bicyclic) bond motifs is 1. The van der Waals surface area contributed by atoms with Crippen LogP contribution in [-0.4, -0.2) is 31.9 Å². The number of nitrogens with zero attached hydrogens (tertiary/aromatic N) is 1. The average molecular weight is 345 g/mol. The van der Waals surface area contributed by atoms with Gasteiger partial charge in [-0.2, -0.15) is 0 Å². The van der Waals surface area contributed by atoms with Crippen LogP contribution in [0.3, 0.4) is 0 Å². The van der Waals surface area contributed by atoms with Gasteiger partial charge in [-0.25, -0.2) is 0 Å². The molecule has 118 valence electrons. The highest BCUT2D eigenvalue weighted by Crippen LogP contribution is 2.40. The molecule has 0 saturated carbocycles. The Kier molecular flexibility index (Phi) is 4.84. The third kappa shape index (κ3) is 4.25. The number of nitrogens with two attached hydrogens (primary N) is 1. The van der Waals surface area contributed by atoms with Gasteiger partial charge in [-0.1, -0.05) is 11.6 Å². The Morgan fingerprint density at radius 2 is 2.05 bits per heavy atom. The van der Waals surface area contributed by atoms with Gasteiger partial charge in [-0.05, 0) is 29.8 Å². The fourth-order valence-electron chi connectivity index (χ4n) is 2.06. The van der Waals surface area contributed by atoms with E-state index in [1.165, 1.54) is 0 Å². The first-order valence-electron chi connectivity index (χ1n) is 6.27. The van der Waals surface area contributed by atoms with Crippen LogP contribution in [0.15, 0.2) is 24.3 Å². The molecular formula is C13H14ClN2O5P. The van der Waals surface area contributed by atoms with E-state index in [1.54, 1.807) is 24.3 Å². The summed E-state index contributed by atoms with van der Waals surface area (Å²) in [6.07, 6.45) is -0.659. The Labute approximate surface area is 130 Å². The molecule has 0 amide bonds. The van der Waals surface area contributed by atoms with Crippen LogP contribution >= 0.6 is 19.2 Å². The number of hydrogen-bond acceptors (Lipinski definition) is 4. The van der Waals surface area contributed by atoms with Crippen LogP contribution in [0.1, 0.15) is 11.3 Å². The molecule has 0 bridgehead atoms. The zero-order valence-corrected chi connectivity index (χ0v) is 13.0. The predicted octanol–water partition coefficient (Wildman–Crippen LogP) is 1.52. The summed E-state index contributed by atoms with van der Waals surface area (Å²) in [4.78, 5) is 33.5. The minimum Gasteiger partial charge on any atom is -0.480 e. The van der Waals surface area contributed by atoms with Gasteiger partial charge in [0.15, 0.2) is 0 Å². The number of carboxylic acids is 1. The topological polar surface area (TPSA) is 134 Å². The number of carboxylic acid groups (broad SMARTS) is 1. The molecule has 1 unspecified atom stereocenters. The molecule has 2 rings (SSSR count). The normalized spacial score (nSPS) is 13.3. The largest absolute Gasteiger partial charge is 0.480 e. The molecule has 5 N–H and O–H groups in total. The summed E-state index contributed by atoms with van der Waals surface area (Å²) in [5.41, 5.74) is 6.56. The molecule has 0 spiro atoms. The number of aliphatic carboxylic acids is 1. The van der Waals surface area contributed by atoms with E-state index in [4.69, 9.17) is 22.4 Å². The molecule has 0 aliphatic rings. The lowest BCUT2D eigenvalue weighted by molar-refractivity contribution is -0.138. The Balaban J connectivity index is 2.54. The van der Waals surface area contributed by atoms with E-state index in [9.17, 15) is 19.1 Å². The van der Waals surface area contributed by atoms with Crippen LogP contribution < -0.4 is 5.73 Å². The average Bonchev–Trinajstić information content (AvgIpc) is 2.37. The first kappa shape index (κ1) is 16.9. The number of hydrogen-bond donors (Lipinski definition) is 4. The summed E-state index contributed by atoms with van der Waals surface area (Å²) in [6.45, 7) is 0. The molecule has 7 nitrogen and oxygen atoms in total. The van der Waals surface area contributed by atoms with Crippen molar-refractivity contribution in [2.24, 2.45) is 5.73 Å². The monoisotopic (exact) mass is 344 g/mol.